The molecule has 1 amide bonds. The third-order valence-corrected chi connectivity index (χ3v) is 2.88. The molecule has 0 radical (unpaired) electrons. The molecule has 0 saturated carbocycles. The molecule has 1 aromatic heterocycles. The molecule has 0 saturated heterocycles. The molecule has 1 heterocycles. The highest BCUT2D eigenvalue weighted by atomic mass is 16.5. The number of carbonyl (C=O) groups excluding carboxylic acids is 1. The zero-order valence-corrected chi connectivity index (χ0v) is 11.9. The fourth-order valence-corrected chi connectivity index (χ4v) is 1.91. The number of ether oxygens (including phenoxy) is 1. The van der Waals surface area contributed by atoms with Gasteiger partial charge in [-0.25, -0.2) is 0 Å². The van der Waals surface area contributed by atoms with Gasteiger partial charge in [0.1, 0.15) is 17.2 Å². The number of rotatable bonds is 6. The van der Waals surface area contributed by atoms with E-state index in [2.05, 4.69) is 10.3 Å². The number of aliphatic hydroxyl groups excluding tert-OH is 1. The first-order valence-corrected chi connectivity index (χ1v) is 6.85. The van der Waals surface area contributed by atoms with Gasteiger partial charge in [0.25, 0.3) is 5.91 Å². The zero-order valence-electron chi connectivity index (χ0n) is 11.9. The summed E-state index contributed by atoms with van der Waals surface area (Å²) in [6, 6.07) is 10.8. The minimum atomic E-state index is -0.230. The van der Waals surface area contributed by atoms with Crippen molar-refractivity contribution < 1.29 is 14.6 Å². The number of nitrogens with zero attached hydrogens (tertiary/aromatic N) is 1. The molecule has 2 rings (SSSR count). The first-order chi connectivity index (χ1) is 10.2. The number of amides is 1. The zero-order chi connectivity index (χ0) is 15.1. The Morgan fingerprint density at radius 2 is 2.14 bits per heavy atom. The number of nitrogens with one attached hydrogen (secondary N) is 1. The molecule has 2 N–H and O–H groups in total. The molecule has 0 unspecified atom stereocenters. The van der Waals surface area contributed by atoms with Gasteiger partial charge in [0.15, 0.2) is 0 Å². The van der Waals surface area contributed by atoms with Crippen molar-refractivity contribution in [2.45, 2.75) is 13.3 Å². The Morgan fingerprint density at radius 3 is 2.90 bits per heavy atom. The predicted molar refractivity (Wildman–Crippen MR) is 79.6 cm³/mol. The van der Waals surface area contributed by atoms with E-state index in [9.17, 15) is 4.79 Å². The summed E-state index contributed by atoms with van der Waals surface area (Å²) in [5.41, 5.74) is 1.23. The quantitative estimate of drug-likeness (QED) is 0.853. The first kappa shape index (κ1) is 15.0. The van der Waals surface area contributed by atoms with E-state index < -0.39 is 0 Å². The maximum atomic E-state index is 11.8. The summed E-state index contributed by atoms with van der Waals surface area (Å²) in [4.78, 5) is 15.8. The number of pyridine rings is 1. The van der Waals surface area contributed by atoms with Crippen LogP contribution in [0, 0.1) is 0 Å². The monoisotopic (exact) mass is 286 g/mol. The van der Waals surface area contributed by atoms with Crippen molar-refractivity contribution in [2.75, 3.05) is 13.2 Å². The Bertz CT molecular complexity index is 614. The van der Waals surface area contributed by atoms with Crippen LogP contribution in [0.2, 0.25) is 0 Å². The van der Waals surface area contributed by atoms with Crippen molar-refractivity contribution in [1.82, 2.24) is 10.3 Å². The second kappa shape index (κ2) is 7.40. The van der Waals surface area contributed by atoms with E-state index in [1.165, 1.54) is 6.20 Å². The van der Waals surface area contributed by atoms with Crippen LogP contribution in [0.1, 0.15) is 23.0 Å². The number of para-hydroxylation sites is 1. The van der Waals surface area contributed by atoms with Gasteiger partial charge in [-0.05, 0) is 31.0 Å². The lowest BCUT2D eigenvalue weighted by molar-refractivity contribution is 0.0950. The highest BCUT2D eigenvalue weighted by Crippen LogP contribution is 2.25. The van der Waals surface area contributed by atoms with Crippen molar-refractivity contribution in [1.29, 1.82) is 0 Å². The van der Waals surface area contributed by atoms with Crippen LogP contribution in [-0.2, 0) is 6.42 Å². The largest absolute Gasteiger partial charge is 0.457 e. The maximum absolute atomic E-state index is 11.8. The van der Waals surface area contributed by atoms with Crippen LogP contribution < -0.4 is 10.1 Å². The second-order valence-electron chi connectivity index (χ2n) is 4.42. The summed E-state index contributed by atoms with van der Waals surface area (Å²) in [6.45, 7) is 2.45. The van der Waals surface area contributed by atoms with Gasteiger partial charge in [-0.1, -0.05) is 18.2 Å². The highest BCUT2D eigenvalue weighted by Gasteiger charge is 2.09. The maximum Gasteiger partial charge on any atom is 0.270 e. The summed E-state index contributed by atoms with van der Waals surface area (Å²) in [6.07, 6.45) is 2.05. The number of benzene rings is 1. The second-order valence-corrected chi connectivity index (χ2v) is 4.42. The van der Waals surface area contributed by atoms with E-state index in [-0.39, 0.29) is 12.5 Å². The molecule has 0 bridgehead atoms. The van der Waals surface area contributed by atoms with E-state index in [1.807, 2.05) is 31.2 Å². The van der Waals surface area contributed by atoms with Crippen LogP contribution in [0.3, 0.4) is 0 Å². The van der Waals surface area contributed by atoms with Crippen LogP contribution in [0.5, 0.6) is 11.5 Å². The summed E-state index contributed by atoms with van der Waals surface area (Å²) in [7, 11) is 0. The van der Waals surface area contributed by atoms with E-state index >= 15 is 0 Å². The molecule has 2 aromatic rings. The Morgan fingerprint density at radius 1 is 1.33 bits per heavy atom. The van der Waals surface area contributed by atoms with E-state index in [0.717, 1.165) is 5.56 Å². The molecule has 21 heavy (non-hydrogen) atoms. The molecule has 5 nitrogen and oxygen atoms in total. The Kier molecular flexibility index (Phi) is 5.29. The number of aliphatic hydroxyl groups is 1. The SMILES string of the molecule is CCNC(=O)c1cc(Oc2ccccc2CCO)ccn1. The van der Waals surface area contributed by atoms with Gasteiger partial charge >= 0.3 is 0 Å². The smallest absolute Gasteiger partial charge is 0.270 e. The molecule has 5 heteroatoms. The van der Waals surface area contributed by atoms with Crippen molar-refractivity contribution in [2.24, 2.45) is 0 Å². The number of carbonyl (C=O) groups is 1. The van der Waals surface area contributed by atoms with E-state index in [0.29, 0.717) is 30.2 Å². The van der Waals surface area contributed by atoms with Gasteiger partial charge in [-0.3, -0.25) is 9.78 Å². The van der Waals surface area contributed by atoms with Gasteiger partial charge in [0, 0.05) is 25.4 Å². The van der Waals surface area contributed by atoms with Gasteiger partial charge in [0.05, 0.1) is 0 Å². The van der Waals surface area contributed by atoms with Crippen LogP contribution in [0.25, 0.3) is 0 Å². The Balaban J connectivity index is 2.20. The molecule has 0 aliphatic rings. The molecule has 0 atom stereocenters. The normalized spacial score (nSPS) is 10.2. The Hall–Kier alpha value is -2.40. The summed E-state index contributed by atoms with van der Waals surface area (Å²) >= 11 is 0. The molecule has 1 aromatic carbocycles. The van der Waals surface area contributed by atoms with Gasteiger partial charge in [-0.2, -0.15) is 0 Å². The highest BCUT2D eigenvalue weighted by molar-refractivity contribution is 5.92. The van der Waals surface area contributed by atoms with E-state index in [1.54, 1.807) is 12.1 Å². The van der Waals surface area contributed by atoms with Gasteiger partial charge < -0.3 is 15.2 Å². The van der Waals surface area contributed by atoms with Crippen molar-refractivity contribution >= 4 is 5.91 Å². The molecule has 110 valence electrons. The van der Waals surface area contributed by atoms with Crippen molar-refractivity contribution in [3.63, 3.8) is 0 Å². The molecule has 0 aliphatic heterocycles. The topological polar surface area (TPSA) is 71.5 Å². The molecule has 0 fully saturated rings. The number of aromatic nitrogens is 1. The van der Waals surface area contributed by atoms with Crippen LogP contribution in [-0.4, -0.2) is 29.1 Å². The predicted octanol–water partition coefficient (Wildman–Crippen LogP) is 2.16. The van der Waals surface area contributed by atoms with Crippen molar-refractivity contribution in [3.8, 4) is 11.5 Å². The lowest BCUT2D eigenvalue weighted by atomic mass is 10.1. The standard InChI is InChI=1S/C16H18N2O3/c1-2-17-16(20)14-11-13(7-9-18-14)21-15-6-4-3-5-12(15)8-10-19/h3-7,9,11,19H,2,8,10H2,1H3,(H,17,20). The average molecular weight is 286 g/mol. The molecule has 0 aliphatic carbocycles. The molecular weight excluding hydrogens is 268 g/mol. The minimum absolute atomic E-state index is 0.0564. The van der Waals surface area contributed by atoms with Crippen LogP contribution >= 0.6 is 0 Å². The fraction of sp³-hybridized carbons (Fsp3) is 0.250. The average Bonchev–Trinajstić information content (AvgIpc) is 2.50. The fourth-order valence-electron chi connectivity index (χ4n) is 1.91. The Labute approximate surface area is 123 Å². The first-order valence-electron chi connectivity index (χ1n) is 6.85. The number of hydrogen-bond donors (Lipinski definition) is 2. The number of hydrogen-bond acceptors (Lipinski definition) is 4. The van der Waals surface area contributed by atoms with E-state index in [4.69, 9.17) is 9.84 Å². The lowest BCUT2D eigenvalue weighted by Crippen LogP contribution is -2.23. The molecule has 0 spiro atoms. The third kappa shape index (κ3) is 4.03. The van der Waals surface area contributed by atoms with Crippen LogP contribution in [0.4, 0.5) is 0 Å². The summed E-state index contributed by atoms with van der Waals surface area (Å²) in [5, 5.41) is 11.8. The summed E-state index contributed by atoms with van der Waals surface area (Å²) < 4.78 is 5.80. The minimum Gasteiger partial charge on any atom is -0.457 e. The molecular formula is C16H18N2O3. The van der Waals surface area contributed by atoms with Crippen molar-refractivity contribution in [3.05, 3.63) is 53.9 Å². The van der Waals surface area contributed by atoms with Gasteiger partial charge in [0.2, 0.25) is 0 Å². The van der Waals surface area contributed by atoms with Gasteiger partial charge in [-0.15, -0.1) is 0 Å². The van der Waals surface area contributed by atoms with Crippen LogP contribution in [0.15, 0.2) is 42.6 Å². The third-order valence-electron chi connectivity index (χ3n) is 2.88. The summed E-state index contributed by atoms with van der Waals surface area (Å²) in [5.74, 6) is 0.975. The lowest BCUT2D eigenvalue weighted by Gasteiger charge is -2.11.